The molecule has 2 fully saturated rings. The minimum absolute atomic E-state index is 0.635. The molecule has 1 saturated heterocycles. The molecule has 0 amide bonds. The Balaban J connectivity index is 1.63. The predicted octanol–water partition coefficient (Wildman–Crippen LogP) is 0.722. The Labute approximate surface area is 105 Å². The molecule has 17 heavy (non-hydrogen) atoms. The zero-order chi connectivity index (χ0) is 12.1. The summed E-state index contributed by atoms with van der Waals surface area (Å²) >= 11 is 0. The van der Waals surface area contributed by atoms with E-state index in [-0.39, 0.29) is 0 Å². The summed E-state index contributed by atoms with van der Waals surface area (Å²) in [6, 6.07) is 1.36. The van der Waals surface area contributed by atoms with Crippen molar-refractivity contribution in [3.05, 3.63) is 0 Å². The number of hydrogen-bond acceptors (Lipinski definition) is 4. The highest BCUT2D eigenvalue weighted by atomic mass is 16.5. The summed E-state index contributed by atoms with van der Waals surface area (Å²) in [6.07, 6.45) is 2.84. The molecule has 1 heterocycles. The standard InChI is InChI=1S/C13H26N2O2/c1-11-9-14-13(12-3-4-12)10-15(11)5-6-17-8-7-16-2/h11-14H,3-10H2,1-2H3. The topological polar surface area (TPSA) is 33.7 Å². The smallest absolute Gasteiger partial charge is 0.0700 e. The Morgan fingerprint density at radius 1 is 1.24 bits per heavy atom. The van der Waals surface area contributed by atoms with E-state index in [1.807, 2.05) is 0 Å². The lowest BCUT2D eigenvalue weighted by Crippen LogP contribution is -2.56. The third kappa shape index (κ3) is 4.21. The number of hydrogen-bond donors (Lipinski definition) is 1. The first-order valence-electron chi connectivity index (χ1n) is 6.85. The highest BCUT2D eigenvalue weighted by molar-refractivity contribution is 4.93. The first kappa shape index (κ1) is 13.3. The average molecular weight is 242 g/mol. The number of nitrogens with zero attached hydrogens (tertiary/aromatic N) is 1. The fourth-order valence-corrected chi connectivity index (χ4v) is 2.50. The van der Waals surface area contributed by atoms with Gasteiger partial charge in [0.05, 0.1) is 19.8 Å². The van der Waals surface area contributed by atoms with Crippen molar-refractivity contribution in [1.29, 1.82) is 0 Å². The van der Waals surface area contributed by atoms with E-state index >= 15 is 0 Å². The van der Waals surface area contributed by atoms with Gasteiger partial charge in [0.15, 0.2) is 0 Å². The van der Waals surface area contributed by atoms with Crippen molar-refractivity contribution in [3.8, 4) is 0 Å². The van der Waals surface area contributed by atoms with Crippen molar-refractivity contribution in [3.63, 3.8) is 0 Å². The van der Waals surface area contributed by atoms with Crippen LogP contribution in [0.1, 0.15) is 19.8 Å². The van der Waals surface area contributed by atoms with Gasteiger partial charge in [-0.3, -0.25) is 4.90 Å². The van der Waals surface area contributed by atoms with Crippen molar-refractivity contribution in [1.82, 2.24) is 10.2 Å². The highest BCUT2D eigenvalue weighted by Crippen LogP contribution is 2.34. The molecule has 0 radical (unpaired) electrons. The summed E-state index contributed by atoms with van der Waals surface area (Å²) in [5.74, 6) is 0.944. The molecule has 0 aromatic heterocycles. The molecule has 0 aromatic rings. The zero-order valence-electron chi connectivity index (χ0n) is 11.2. The van der Waals surface area contributed by atoms with E-state index in [0.29, 0.717) is 19.3 Å². The maximum absolute atomic E-state index is 5.55. The van der Waals surface area contributed by atoms with Crippen LogP contribution in [0.15, 0.2) is 0 Å². The third-order valence-corrected chi connectivity index (χ3v) is 3.88. The lowest BCUT2D eigenvalue weighted by molar-refractivity contribution is 0.0406. The fourth-order valence-electron chi connectivity index (χ4n) is 2.50. The van der Waals surface area contributed by atoms with Crippen LogP contribution in [0.25, 0.3) is 0 Å². The summed E-state index contributed by atoms with van der Waals surface area (Å²) in [5.41, 5.74) is 0. The number of rotatable bonds is 7. The van der Waals surface area contributed by atoms with Crippen LogP contribution < -0.4 is 5.32 Å². The fraction of sp³-hybridized carbons (Fsp3) is 1.00. The third-order valence-electron chi connectivity index (χ3n) is 3.88. The lowest BCUT2D eigenvalue weighted by atomic mass is 10.1. The second-order valence-electron chi connectivity index (χ2n) is 5.30. The maximum Gasteiger partial charge on any atom is 0.0700 e. The normalized spacial score (nSPS) is 30.7. The number of methoxy groups -OCH3 is 1. The highest BCUT2D eigenvalue weighted by Gasteiger charge is 2.35. The van der Waals surface area contributed by atoms with Crippen LogP contribution in [0, 0.1) is 5.92 Å². The van der Waals surface area contributed by atoms with Gasteiger partial charge in [0.2, 0.25) is 0 Å². The van der Waals surface area contributed by atoms with Crippen molar-refractivity contribution >= 4 is 0 Å². The first-order valence-corrected chi connectivity index (χ1v) is 6.85. The molecule has 0 spiro atoms. The van der Waals surface area contributed by atoms with Crippen molar-refractivity contribution < 1.29 is 9.47 Å². The molecule has 1 N–H and O–H groups in total. The van der Waals surface area contributed by atoms with E-state index < -0.39 is 0 Å². The molecule has 1 aliphatic carbocycles. The van der Waals surface area contributed by atoms with Gasteiger partial charge in [0.1, 0.15) is 0 Å². The van der Waals surface area contributed by atoms with Crippen LogP contribution in [-0.4, -0.2) is 63.5 Å². The number of piperazine rings is 1. The van der Waals surface area contributed by atoms with Crippen LogP contribution in [0.5, 0.6) is 0 Å². The van der Waals surface area contributed by atoms with Crippen molar-refractivity contribution in [2.24, 2.45) is 5.92 Å². The van der Waals surface area contributed by atoms with Gasteiger partial charge >= 0.3 is 0 Å². The molecule has 2 atom stereocenters. The molecule has 100 valence electrons. The minimum Gasteiger partial charge on any atom is -0.382 e. The SMILES string of the molecule is COCCOCCN1CC(C2CC2)NCC1C. The van der Waals surface area contributed by atoms with Gasteiger partial charge in [-0.25, -0.2) is 0 Å². The molecule has 2 aliphatic rings. The molecule has 4 nitrogen and oxygen atoms in total. The van der Waals surface area contributed by atoms with Gasteiger partial charge < -0.3 is 14.8 Å². The number of ether oxygens (including phenoxy) is 2. The largest absolute Gasteiger partial charge is 0.382 e. The Bertz CT molecular complexity index is 221. The summed E-state index contributed by atoms with van der Waals surface area (Å²) < 4.78 is 10.5. The van der Waals surface area contributed by atoms with E-state index in [1.54, 1.807) is 7.11 Å². The average Bonchev–Trinajstić information content (AvgIpc) is 3.15. The van der Waals surface area contributed by atoms with E-state index in [9.17, 15) is 0 Å². The van der Waals surface area contributed by atoms with Gasteiger partial charge in [0, 0.05) is 38.8 Å². The van der Waals surface area contributed by atoms with Crippen LogP contribution in [-0.2, 0) is 9.47 Å². The minimum atomic E-state index is 0.635. The predicted molar refractivity (Wildman–Crippen MR) is 68.2 cm³/mol. The Kier molecular flexibility index (Phi) is 5.22. The molecule has 4 heteroatoms. The summed E-state index contributed by atoms with van der Waals surface area (Å²) in [5, 5.41) is 3.67. The quantitative estimate of drug-likeness (QED) is 0.667. The molecule has 1 aliphatic heterocycles. The van der Waals surface area contributed by atoms with Gasteiger partial charge in [-0.05, 0) is 25.7 Å². The van der Waals surface area contributed by atoms with E-state index in [1.165, 1.54) is 19.4 Å². The van der Waals surface area contributed by atoms with E-state index in [0.717, 1.165) is 31.7 Å². The van der Waals surface area contributed by atoms with Crippen LogP contribution in [0.3, 0.4) is 0 Å². The number of nitrogens with one attached hydrogen (secondary N) is 1. The Hall–Kier alpha value is -0.160. The molecule has 2 unspecified atom stereocenters. The van der Waals surface area contributed by atoms with Gasteiger partial charge in [-0.2, -0.15) is 0 Å². The van der Waals surface area contributed by atoms with E-state index in [2.05, 4.69) is 17.1 Å². The summed E-state index contributed by atoms with van der Waals surface area (Å²) in [6.45, 7) is 7.90. The molecule has 1 saturated carbocycles. The van der Waals surface area contributed by atoms with Crippen LogP contribution in [0.4, 0.5) is 0 Å². The summed E-state index contributed by atoms with van der Waals surface area (Å²) in [4.78, 5) is 2.56. The second-order valence-corrected chi connectivity index (χ2v) is 5.30. The first-order chi connectivity index (χ1) is 8.31. The lowest BCUT2D eigenvalue weighted by Gasteiger charge is -2.39. The molecular weight excluding hydrogens is 216 g/mol. The van der Waals surface area contributed by atoms with Gasteiger partial charge in [0.25, 0.3) is 0 Å². The second kappa shape index (κ2) is 6.69. The van der Waals surface area contributed by atoms with Gasteiger partial charge in [-0.15, -0.1) is 0 Å². The summed E-state index contributed by atoms with van der Waals surface area (Å²) in [7, 11) is 1.71. The monoisotopic (exact) mass is 242 g/mol. The van der Waals surface area contributed by atoms with Crippen LogP contribution in [0.2, 0.25) is 0 Å². The molecular formula is C13H26N2O2. The molecule has 0 bridgehead atoms. The zero-order valence-corrected chi connectivity index (χ0v) is 11.2. The van der Waals surface area contributed by atoms with Crippen molar-refractivity contribution in [2.45, 2.75) is 31.8 Å². The molecule has 0 aromatic carbocycles. The Morgan fingerprint density at radius 3 is 2.76 bits per heavy atom. The van der Waals surface area contributed by atoms with E-state index in [4.69, 9.17) is 9.47 Å². The van der Waals surface area contributed by atoms with Crippen molar-refractivity contribution in [2.75, 3.05) is 46.6 Å². The Morgan fingerprint density at radius 2 is 2.06 bits per heavy atom. The molecule has 2 rings (SSSR count). The maximum atomic E-state index is 5.55. The van der Waals surface area contributed by atoms with Crippen LogP contribution >= 0.6 is 0 Å². The van der Waals surface area contributed by atoms with Gasteiger partial charge in [-0.1, -0.05) is 0 Å².